The molecule has 21 heavy (non-hydrogen) atoms. The van der Waals surface area contributed by atoms with Gasteiger partial charge in [-0.05, 0) is 18.5 Å². The van der Waals surface area contributed by atoms with Crippen LogP contribution in [0.5, 0.6) is 0 Å². The largest absolute Gasteiger partial charge is 0.378 e. The van der Waals surface area contributed by atoms with Crippen molar-refractivity contribution in [1.29, 1.82) is 5.26 Å². The van der Waals surface area contributed by atoms with Crippen LogP contribution in [0.15, 0.2) is 30.3 Å². The molecule has 0 bridgehead atoms. The van der Waals surface area contributed by atoms with Crippen LogP contribution in [0.3, 0.4) is 0 Å². The van der Waals surface area contributed by atoms with Crippen LogP contribution in [-0.2, 0) is 10.3 Å². The molecule has 116 valence electrons. The fraction of sp³-hybridized carbons (Fsp3) is 0.611. The Labute approximate surface area is 129 Å². The fourth-order valence-electron chi connectivity index (χ4n) is 2.43. The highest BCUT2D eigenvalue weighted by molar-refractivity contribution is 5.31. The summed E-state index contributed by atoms with van der Waals surface area (Å²) in [5, 5.41) is 12.9. The number of hydrogen-bond acceptors (Lipinski definition) is 3. The number of unbranched alkanes of at least 4 members (excludes halogenated alkanes) is 4. The molecule has 1 rings (SSSR count). The predicted molar refractivity (Wildman–Crippen MR) is 87.0 cm³/mol. The number of ether oxygens (including phenoxy) is 1. The van der Waals surface area contributed by atoms with Crippen LogP contribution >= 0.6 is 0 Å². The van der Waals surface area contributed by atoms with Crippen LogP contribution in [0.25, 0.3) is 0 Å². The van der Waals surface area contributed by atoms with Crippen molar-refractivity contribution in [1.82, 2.24) is 5.32 Å². The SMILES string of the molecule is CCCCCCCOCC(C#N)(NCC)c1ccccc1. The van der Waals surface area contributed by atoms with Gasteiger partial charge in [0.2, 0.25) is 0 Å². The summed E-state index contributed by atoms with van der Waals surface area (Å²) in [6, 6.07) is 12.3. The second kappa shape index (κ2) is 10.4. The minimum Gasteiger partial charge on any atom is -0.378 e. The Morgan fingerprint density at radius 1 is 1.10 bits per heavy atom. The first-order valence-electron chi connectivity index (χ1n) is 8.08. The zero-order valence-corrected chi connectivity index (χ0v) is 13.4. The second-order valence-electron chi connectivity index (χ2n) is 5.38. The smallest absolute Gasteiger partial charge is 0.155 e. The molecule has 0 saturated heterocycles. The summed E-state index contributed by atoms with van der Waals surface area (Å²) in [6.07, 6.45) is 6.11. The summed E-state index contributed by atoms with van der Waals surface area (Å²) in [5.41, 5.74) is 0.236. The minimum absolute atomic E-state index is 0.398. The number of nitrogens with zero attached hydrogens (tertiary/aromatic N) is 1. The lowest BCUT2D eigenvalue weighted by atomic mass is 9.92. The summed E-state index contributed by atoms with van der Waals surface area (Å²) in [4.78, 5) is 0. The first-order valence-corrected chi connectivity index (χ1v) is 8.08. The molecule has 0 aliphatic heterocycles. The van der Waals surface area contributed by atoms with Crippen LogP contribution in [-0.4, -0.2) is 19.8 Å². The van der Waals surface area contributed by atoms with E-state index in [1.54, 1.807) is 0 Å². The molecule has 1 aromatic carbocycles. The van der Waals surface area contributed by atoms with Crippen molar-refractivity contribution in [3.63, 3.8) is 0 Å². The number of rotatable bonds is 11. The standard InChI is InChI=1S/C18H28N2O/c1-3-5-6-7-11-14-21-16-18(15-19,20-4-2)17-12-9-8-10-13-17/h8-10,12-13,20H,3-7,11,14,16H2,1-2H3. The van der Waals surface area contributed by atoms with Crippen LogP contribution < -0.4 is 5.32 Å². The molecule has 1 N–H and O–H groups in total. The summed E-state index contributed by atoms with van der Waals surface area (Å²) in [7, 11) is 0. The van der Waals surface area contributed by atoms with Crippen molar-refractivity contribution in [3.8, 4) is 6.07 Å². The van der Waals surface area contributed by atoms with Gasteiger partial charge in [0.25, 0.3) is 0 Å². The maximum atomic E-state index is 9.64. The van der Waals surface area contributed by atoms with Crippen LogP contribution in [0.4, 0.5) is 0 Å². The Morgan fingerprint density at radius 2 is 1.81 bits per heavy atom. The average Bonchev–Trinajstić information content (AvgIpc) is 2.54. The van der Waals surface area contributed by atoms with E-state index < -0.39 is 5.54 Å². The molecule has 0 aromatic heterocycles. The third-order valence-electron chi connectivity index (χ3n) is 3.65. The van der Waals surface area contributed by atoms with E-state index in [0.29, 0.717) is 6.61 Å². The van der Waals surface area contributed by atoms with Crippen molar-refractivity contribution in [2.45, 2.75) is 51.5 Å². The number of benzene rings is 1. The van der Waals surface area contributed by atoms with Gasteiger partial charge in [-0.25, -0.2) is 0 Å². The Morgan fingerprint density at radius 3 is 2.43 bits per heavy atom. The van der Waals surface area contributed by atoms with Gasteiger partial charge in [0.15, 0.2) is 5.54 Å². The lowest BCUT2D eigenvalue weighted by Gasteiger charge is -2.27. The van der Waals surface area contributed by atoms with E-state index in [2.05, 4.69) is 18.3 Å². The van der Waals surface area contributed by atoms with E-state index in [4.69, 9.17) is 4.74 Å². The molecule has 3 nitrogen and oxygen atoms in total. The molecule has 0 radical (unpaired) electrons. The van der Waals surface area contributed by atoms with E-state index in [1.165, 1.54) is 25.7 Å². The Hall–Kier alpha value is -1.37. The molecule has 1 unspecified atom stereocenters. The van der Waals surface area contributed by atoms with Crippen LogP contribution in [0.1, 0.15) is 51.5 Å². The van der Waals surface area contributed by atoms with E-state index in [-0.39, 0.29) is 0 Å². The molecule has 0 aliphatic carbocycles. The maximum absolute atomic E-state index is 9.64. The van der Waals surface area contributed by atoms with Gasteiger partial charge in [-0.3, -0.25) is 5.32 Å². The predicted octanol–water partition coefficient (Wildman–Crippen LogP) is 4.00. The topological polar surface area (TPSA) is 45.0 Å². The maximum Gasteiger partial charge on any atom is 0.155 e. The minimum atomic E-state index is -0.737. The van der Waals surface area contributed by atoms with E-state index >= 15 is 0 Å². The lowest BCUT2D eigenvalue weighted by molar-refractivity contribution is 0.0861. The molecule has 1 atom stereocenters. The monoisotopic (exact) mass is 288 g/mol. The van der Waals surface area contributed by atoms with Crippen molar-refractivity contribution in [3.05, 3.63) is 35.9 Å². The summed E-state index contributed by atoms with van der Waals surface area (Å²) >= 11 is 0. The average molecular weight is 288 g/mol. The molecule has 0 saturated carbocycles. The highest BCUT2D eigenvalue weighted by atomic mass is 16.5. The molecule has 0 amide bonds. The third-order valence-corrected chi connectivity index (χ3v) is 3.65. The Kier molecular flexibility index (Phi) is 8.73. The number of nitrogens with one attached hydrogen (secondary N) is 1. The van der Waals surface area contributed by atoms with Crippen LogP contribution in [0.2, 0.25) is 0 Å². The van der Waals surface area contributed by atoms with Gasteiger partial charge in [0, 0.05) is 6.61 Å². The van der Waals surface area contributed by atoms with Gasteiger partial charge in [-0.15, -0.1) is 0 Å². The Balaban J connectivity index is 2.50. The van der Waals surface area contributed by atoms with Gasteiger partial charge in [0.1, 0.15) is 0 Å². The zero-order chi connectivity index (χ0) is 15.4. The van der Waals surface area contributed by atoms with Gasteiger partial charge in [-0.2, -0.15) is 5.26 Å². The second-order valence-corrected chi connectivity index (χ2v) is 5.38. The highest BCUT2D eigenvalue weighted by Crippen LogP contribution is 2.21. The number of nitriles is 1. The van der Waals surface area contributed by atoms with Crippen molar-refractivity contribution < 1.29 is 4.74 Å². The molecular weight excluding hydrogens is 260 g/mol. The van der Waals surface area contributed by atoms with Crippen molar-refractivity contribution in [2.24, 2.45) is 0 Å². The van der Waals surface area contributed by atoms with Crippen molar-refractivity contribution >= 4 is 0 Å². The number of likely N-dealkylation sites (N-methyl/N-ethyl adjacent to an activating group) is 1. The van der Waals surface area contributed by atoms with E-state index in [0.717, 1.165) is 25.1 Å². The van der Waals surface area contributed by atoms with Crippen LogP contribution in [0, 0.1) is 11.3 Å². The molecule has 3 heteroatoms. The lowest BCUT2D eigenvalue weighted by Crippen LogP contribution is -2.45. The third kappa shape index (κ3) is 5.87. The molecule has 1 aromatic rings. The fourth-order valence-corrected chi connectivity index (χ4v) is 2.43. The number of hydrogen-bond donors (Lipinski definition) is 1. The summed E-state index contributed by atoms with van der Waals surface area (Å²) in [6.45, 7) is 6.09. The van der Waals surface area contributed by atoms with Gasteiger partial charge >= 0.3 is 0 Å². The normalized spacial score (nSPS) is 13.6. The Bertz CT molecular complexity index is 413. The van der Waals surface area contributed by atoms with Crippen molar-refractivity contribution in [2.75, 3.05) is 19.8 Å². The molecule has 0 fully saturated rings. The van der Waals surface area contributed by atoms with Gasteiger partial charge < -0.3 is 4.74 Å². The quantitative estimate of drug-likeness (QED) is 0.626. The highest BCUT2D eigenvalue weighted by Gasteiger charge is 2.31. The van der Waals surface area contributed by atoms with E-state index in [1.807, 2.05) is 37.3 Å². The summed E-state index contributed by atoms with van der Waals surface area (Å²) < 4.78 is 5.79. The zero-order valence-electron chi connectivity index (χ0n) is 13.4. The van der Waals surface area contributed by atoms with Gasteiger partial charge in [0.05, 0.1) is 12.7 Å². The molecule has 0 spiro atoms. The van der Waals surface area contributed by atoms with E-state index in [9.17, 15) is 5.26 Å². The first-order chi connectivity index (χ1) is 10.3. The molecule has 0 aliphatic rings. The summed E-state index contributed by atoms with van der Waals surface area (Å²) in [5.74, 6) is 0. The molecular formula is C18H28N2O. The van der Waals surface area contributed by atoms with Gasteiger partial charge in [-0.1, -0.05) is 69.9 Å². The first kappa shape index (κ1) is 17.7. The molecule has 0 heterocycles.